The lowest BCUT2D eigenvalue weighted by molar-refractivity contribution is 0.102. The molecule has 0 bridgehead atoms. The SMILES string of the molecule is CCCOc1ccccc1NC(=O)c1cccc(F)c1F. The van der Waals surface area contributed by atoms with Gasteiger partial charge in [0.2, 0.25) is 0 Å². The first kappa shape index (κ1) is 15.0. The Labute approximate surface area is 121 Å². The monoisotopic (exact) mass is 291 g/mol. The van der Waals surface area contributed by atoms with Crippen LogP contribution in [0.15, 0.2) is 42.5 Å². The molecule has 2 aromatic carbocycles. The van der Waals surface area contributed by atoms with Crippen molar-refractivity contribution in [3.8, 4) is 5.75 Å². The number of halogens is 2. The van der Waals surface area contributed by atoms with Crippen molar-refractivity contribution in [2.45, 2.75) is 13.3 Å². The number of amides is 1. The molecular formula is C16H15F2NO2. The topological polar surface area (TPSA) is 38.3 Å². The molecule has 21 heavy (non-hydrogen) atoms. The third kappa shape index (κ3) is 3.56. The van der Waals surface area contributed by atoms with Crippen LogP contribution in [0.25, 0.3) is 0 Å². The highest BCUT2D eigenvalue weighted by Gasteiger charge is 2.16. The zero-order chi connectivity index (χ0) is 15.2. The van der Waals surface area contributed by atoms with E-state index in [0.29, 0.717) is 18.0 Å². The number of hydrogen-bond acceptors (Lipinski definition) is 2. The van der Waals surface area contributed by atoms with E-state index in [-0.39, 0.29) is 5.56 Å². The summed E-state index contributed by atoms with van der Waals surface area (Å²) in [5.74, 6) is -2.45. The Kier molecular flexibility index (Phi) is 4.87. The number of carbonyl (C=O) groups excluding carboxylic acids is 1. The molecule has 0 heterocycles. The second-order valence-electron chi connectivity index (χ2n) is 4.40. The predicted molar refractivity (Wildman–Crippen MR) is 76.5 cm³/mol. The van der Waals surface area contributed by atoms with E-state index in [1.807, 2.05) is 6.92 Å². The number of anilines is 1. The molecule has 0 spiro atoms. The van der Waals surface area contributed by atoms with Gasteiger partial charge in [-0.05, 0) is 30.7 Å². The van der Waals surface area contributed by atoms with Crippen molar-refractivity contribution in [3.63, 3.8) is 0 Å². The van der Waals surface area contributed by atoms with E-state index < -0.39 is 17.5 Å². The molecule has 5 heteroatoms. The lowest BCUT2D eigenvalue weighted by atomic mass is 10.2. The van der Waals surface area contributed by atoms with Crippen molar-refractivity contribution in [1.29, 1.82) is 0 Å². The standard InChI is InChI=1S/C16H15F2NO2/c1-2-10-21-14-9-4-3-8-13(14)19-16(20)11-6-5-7-12(17)15(11)18/h3-9H,2,10H2,1H3,(H,19,20). The zero-order valence-electron chi connectivity index (χ0n) is 11.5. The molecule has 2 aromatic rings. The fourth-order valence-corrected chi connectivity index (χ4v) is 1.78. The number of ether oxygens (including phenoxy) is 1. The summed E-state index contributed by atoms with van der Waals surface area (Å²) >= 11 is 0. The van der Waals surface area contributed by atoms with Crippen molar-refractivity contribution >= 4 is 11.6 Å². The second kappa shape index (κ2) is 6.83. The highest BCUT2D eigenvalue weighted by atomic mass is 19.2. The Morgan fingerprint density at radius 3 is 2.67 bits per heavy atom. The number of rotatable bonds is 5. The van der Waals surface area contributed by atoms with Gasteiger partial charge in [-0.25, -0.2) is 8.78 Å². The molecule has 110 valence electrons. The summed E-state index contributed by atoms with van der Waals surface area (Å²) in [7, 11) is 0. The molecule has 1 amide bonds. The van der Waals surface area contributed by atoms with Gasteiger partial charge in [0.15, 0.2) is 11.6 Å². The summed E-state index contributed by atoms with van der Waals surface area (Å²) in [6, 6.07) is 10.3. The number of carbonyl (C=O) groups is 1. The third-order valence-electron chi connectivity index (χ3n) is 2.79. The van der Waals surface area contributed by atoms with E-state index in [4.69, 9.17) is 4.74 Å². The first-order chi connectivity index (χ1) is 10.1. The molecule has 0 saturated carbocycles. The average molecular weight is 291 g/mol. The van der Waals surface area contributed by atoms with Crippen molar-refractivity contribution in [1.82, 2.24) is 0 Å². The molecule has 0 aliphatic rings. The summed E-state index contributed by atoms with van der Waals surface area (Å²) in [5, 5.41) is 2.53. The highest BCUT2D eigenvalue weighted by Crippen LogP contribution is 2.25. The quantitative estimate of drug-likeness (QED) is 0.904. The summed E-state index contributed by atoms with van der Waals surface area (Å²) in [4.78, 5) is 12.0. The van der Waals surface area contributed by atoms with Crippen molar-refractivity contribution in [2.75, 3.05) is 11.9 Å². The van der Waals surface area contributed by atoms with Crippen LogP contribution in [0.4, 0.5) is 14.5 Å². The summed E-state index contributed by atoms with van der Waals surface area (Å²) < 4.78 is 32.2. The third-order valence-corrected chi connectivity index (χ3v) is 2.79. The molecule has 0 radical (unpaired) electrons. The van der Waals surface area contributed by atoms with Crippen LogP contribution in [0.5, 0.6) is 5.75 Å². The molecule has 1 N–H and O–H groups in total. The van der Waals surface area contributed by atoms with E-state index in [0.717, 1.165) is 12.5 Å². The van der Waals surface area contributed by atoms with Crippen LogP contribution in [0, 0.1) is 11.6 Å². The van der Waals surface area contributed by atoms with E-state index in [1.165, 1.54) is 12.1 Å². The molecule has 0 atom stereocenters. The molecule has 3 nitrogen and oxygen atoms in total. The first-order valence-corrected chi connectivity index (χ1v) is 6.60. The molecule has 0 unspecified atom stereocenters. The van der Waals surface area contributed by atoms with Crippen LogP contribution < -0.4 is 10.1 Å². The number of nitrogens with one attached hydrogen (secondary N) is 1. The number of hydrogen-bond donors (Lipinski definition) is 1. The van der Waals surface area contributed by atoms with Crippen LogP contribution in [-0.2, 0) is 0 Å². The molecule has 0 aromatic heterocycles. The van der Waals surface area contributed by atoms with Crippen LogP contribution in [-0.4, -0.2) is 12.5 Å². The van der Waals surface area contributed by atoms with Gasteiger partial charge in [0, 0.05) is 0 Å². The number of para-hydroxylation sites is 2. The van der Waals surface area contributed by atoms with Crippen molar-refractivity contribution in [2.24, 2.45) is 0 Å². The van der Waals surface area contributed by atoms with Gasteiger partial charge in [-0.15, -0.1) is 0 Å². The highest BCUT2D eigenvalue weighted by molar-refractivity contribution is 6.05. The Morgan fingerprint density at radius 1 is 1.14 bits per heavy atom. The zero-order valence-corrected chi connectivity index (χ0v) is 11.5. The Balaban J connectivity index is 2.22. The van der Waals surface area contributed by atoms with E-state index in [9.17, 15) is 13.6 Å². The normalized spacial score (nSPS) is 10.2. The molecule has 2 rings (SSSR count). The van der Waals surface area contributed by atoms with E-state index in [1.54, 1.807) is 24.3 Å². The van der Waals surface area contributed by atoms with Crippen LogP contribution in [0.1, 0.15) is 23.7 Å². The Bertz CT molecular complexity index is 644. The fraction of sp³-hybridized carbons (Fsp3) is 0.188. The largest absolute Gasteiger partial charge is 0.491 e. The predicted octanol–water partition coefficient (Wildman–Crippen LogP) is 4.01. The van der Waals surface area contributed by atoms with Crippen LogP contribution in [0.2, 0.25) is 0 Å². The Hall–Kier alpha value is -2.43. The van der Waals surface area contributed by atoms with Crippen molar-refractivity contribution < 1.29 is 18.3 Å². The maximum Gasteiger partial charge on any atom is 0.258 e. The fourth-order valence-electron chi connectivity index (χ4n) is 1.78. The average Bonchev–Trinajstić information content (AvgIpc) is 2.49. The summed E-state index contributed by atoms with van der Waals surface area (Å²) in [6.45, 7) is 2.46. The van der Waals surface area contributed by atoms with Gasteiger partial charge in [-0.2, -0.15) is 0 Å². The van der Waals surface area contributed by atoms with Gasteiger partial charge in [0.1, 0.15) is 5.75 Å². The smallest absolute Gasteiger partial charge is 0.258 e. The minimum Gasteiger partial charge on any atom is -0.491 e. The van der Waals surface area contributed by atoms with Gasteiger partial charge in [0.05, 0.1) is 17.9 Å². The van der Waals surface area contributed by atoms with Crippen LogP contribution >= 0.6 is 0 Å². The van der Waals surface area contributed by atoms with E-state index >= 15 is 0 Å². The maximum atomic E-state index is 13.6. The minimum absolute atomic E-state index is 0.347. The second-order valence-corrected chi connectivity index (χ2v) is 4.40. The van der Waals surface area contributed by atoms with Crippen LogP contribution in [0.3, 0.4) is 0 Å². The lowest BCUT2D eigenvalue weighted by Crippen LogP contribution is -2.15. The first-order valence-electron chi connectivity index (χ1n) is 6.60. The number of benzene rings is 2. The molecule has 0 fully saturated rings. The molecule has 0 aliphatic heterocycles. The lowest BCUT2D eigenvalue weighted by Gasteiger charge is -2.12. The Morgan fingerprint density at radius 2 is 1.90 bits per heavy atom. The van der Waals surface area contributed by atoms with Gasteiger partial charge in [0.25, 0.3) is 5.91 Å². The molecule has 0 aliphatic carbocycles. The molecular weight excluding hydrogens is 276 g/mol. The molecule has 0 saturated heterocycles. The minimum atomic E-state index is -1.16. The van der Waals surface area contributed by atoms with E-state index in [2.05, 4.69) is 5.32 Å². The van der Waals surface area contributed by atoms with Gasteiger partial charge in [-0.1, -0.05) is 25.1 Å². The maximum absolute atomic E-state index is 13.6. The summed E-state index contributed by atoms with van der Waals surface area (Å²) in [5.41, 5.74) is 0.0694. The summed E-state index contributed by atoms with van der Waals surface area (Å²) in [6.07, 6.45) is 0.820. The van der Waals surface area contributed by atoms with Gasteiger partial charge in [-0.3, -0.25) is 4.79 Å². The van der Waals surface area contributed by atoms with Gasteiger partial charge < -0.3 is 10.1 Å². The van der Waals surface area contributed by atoms with Crippen molar-refractivity contribution in [3.05, 3.63) is 59.7 Å². The van der Waals surface area contributed by atoms with Gasteiger partial charge >= 0.3 is 0 Å².